The average Bonchev–Trinajstić information content (AvgIpc) is 3.23. The van der Waals surface area contributed by atoms with Crippen LogP contribution in [0.4, 0.5) is 0 Å². The summed E-state index contributed by atoms with van der Waals surface area (Å²) in [7, 11) is 0. The number of nitrogens with one attached hydrogen (secondary N) is 1. The van der Waals surface area contributed by atoms with Crippen LogP contribution in [-0.4, -0.2) is 22.0 Å². The molecule has 0 saturated heterocycles. The standard InChI is InChI=1S/C30H29N3O/c34-30(20-19-23-10-2-1-3-11-23)31-21-9-18-29-32-27-16-6-7-17-28(27)33(29)22-25-14-8-13-24-12-4-5-15-26(24)25/h1-8,10-17H,9,18-22H2,(H,31,34). The Morgan fingerprint density at radius 3 is 2.47 bits per heavy atom. The molecule has 1 aromatic heterocycles. The number of amides is 1. The van der Waals surface area contributed by atoms with Gasteiger partial charge in [0.15, 0.2) is 0 Å². The third-order valence-corrected chi connectivity index (χ3v) is 6.32. The van der Waals surface area contributed by atoms with Gasteiger partial charge in [-0.25, -0.2) is 4.98 Å². The van der Waals surface area contributed by atoms with Gasteiger partial charge in [0.1, 0.15) is 5.82 Å². The summed E-state index contributed by atoms with van der Waals surface area (Å²) >= 11 is 0. The van der Waals surface area contributed by atoms with E-state index in [4.69, 9.17) is 4.98 Å². The minimum Gasteiger partial charge on any atom is -0.356 e. The molecular weight excluding hydrogens is 418 g/mol. The zero-order valence-corrected chi connectivity index (χ0v) is 19.3. The zero-order valence-electron chi connectivity index (χ0n) is 19.3. The van der Waals surface area contributed by atoms with E-state index in [-0.39, 0.29) is 5.91 Å². The van der Waals surface area contributed by atoms with Crippen molar-refractivity contribution in [1.29, 1.82) is 0 Å². The Labute approximate surface area is 200 Å². The molecule has 4 nitrogen and oxygen atoms in total. The summed E-state index contributed by atoms with van der Waals surface area (Å²) in [6.07, 6.45) is 2.96. The van der Waals surface area contributed by atoms with E-state index in [0.29, 0.717) is 13.0 Å². The lowest BCUT2D eigenvalue weighted by molar-refractivity contribution is -0.121. The molecule has 0 aliphatic carbocycles. The fourth-order valence-corrected chi connectivity index (χ4v) is 4.56. The van der Waals surface area contributed by atoms with Crippen LogP contribution in [0, 0.1) is 0 Å². The third kappa shape index (κ3) is 5.01. The van der Waals surface area contributed by atoms with Crippen molar-refractivity contribution in [2.45, 2.75) is 32.2 Å². The van der Waals surface area contributed by atoms with Crippen molar-refractivity contribution in [1.82, 2.24) is 14.9 Å². The highest BCUT2D eigenvalue weighted by atomic mass is 16.1. The van der Waals surface area contributed by atoms with Gasteiger partial charge >= 0.3 is 0 Å². The molecule has 170 valence electrons. The quantitative estimate of drug-likeness (QED) is 0.285. The molecule has 34 heavy (non-hydrogen) atoms. The molecule has 1 amide bonds. The first-order valence-electron chi connectivity index (χ1n) is 12.0. The summed E-state index contributed by atoms with van der Waals surface area (Å²) < 4.78 is 2.33. The lowest BCUT2D eigenvalue weighted by atomic mass is 10.0. The number of rotatable bonds is 9. The molecule has 0 bridgehead atoms. The fourth-order valence-electron chi connectivity index (χ4n) is 4.56. The molecule has 0 aliphatic rings. The number of carbonyl (C=O) groups is 1. The largest absolute Gasteiger partial charge is 0.356 e. The van der Waals surface area contributed by atoms with Crippen molar-refractivity contribution >= 4 is 27.7 Å². The van der Waals surface area contributed by atoms with Gasteiger partial charge in [-0.1, -0.05) is 84.9 Å². The minimum atomic E-state index is 0.105. The second kappa shape index (κ2) is 10.3. The third-order valence-electron chi connectivity index (χ3n) is 6.32. The SMILES string of the molecule is O=C(CCc1ccccc1)NCCCc1nc2ccccc2n1Cc1cccc2ccccc12. The normalized spacial score (nSPS) is 11.2. The van der Waals surface area contributed by atoms with Crippen LogP contribution in [0.15, 0.2) is 97.1 Å². The molecule has 1 N–H and O–H groups in total. The molecule has 1 heterocycles. The van der Waals surface area contributed by atoms with Crippen LogP contribution >= 0.6 is 0 Å². The topological polar surface area (TPSA) is 46.9 Å². The summed E-state index contributed by atoms with van der Waals surface area (Å²) in [6.45, 7) is 1.44. The highest BCUT2D eigenvalue weighted by Gasteiger charge is 2.12. The summed E-state index contributed by atoms with van der Waals surface area (Å²) in [5.74, 6) is 1.17. The fraction of sp³-hybridized carbons (Fsp3) is 0.200. The van der Waals surface area contributed by atoms with Crippen molar-refractivity contribution in [3.05, 3.63) is 114 Å². The number of hydrogen-bond donors (Lipinski definition) is 1. The Morgan fingerprint density at radius 2 is 1.56 bits per heavy atom. The lowest BCUT2D eigenvalue weighted by Crippen LogP contribution is -2.25. The number of para-hydroxylation sites is 2. The highest BCUT2D eigenvalue weighted by Crippen LogP contribution is 2.23. The first-order valence-corrected chi connectivity index (χ1v) is 12.0. The van der Waals surface area contributed by atoms with Crippen molar-refractivity contribution in [3.8, 4) is 0 Å². The van der Waals surface area contributed by atoms with E-state index in [1.54, 1.807) is 0 Å². The first-order chi connectivity index (χ1) is 16.8. The van der Waals surface area contributed by atoms with Crippen LogP contribution in [0.2, 0.25) is 0 Å². The van der Waals surface area contributed by atoms with Crippen LogP contribution in [0.3, 0.4) is 0 Å². The minimum absolute atomic E-state index is 0.105. The van der Waals surface area contributed by atoms with Gasteiger partial charge in [-0.15, -0.1) is 0 Å². The molecule has 4 aromatic carbocycles. The van der Waals surface area contributed by atoms with Gasteiger partial charge in [-0.05, 0) is 46.9 Å². The van der Waals surface area contributed by atoms with E-state index in [1.807, 2.05) is 24.3 Å². The number of imidazole rings is 1. The monoisotopic (exact) mass is 447 g/mol. The summed E-state index contributed by atoms with van der Waals surface area (Å²) in [5.41, 5.74) is 4.65. The summed E-state index contributed by atoms with van der Waals surface area (Å²) in [5, 5.41) is 5.61. The van der Waals surface area contributed by atoms with Gasteiger partial charge < -0.3 is 9.88 Å². The van der Waals surface area contributed by atoms with Gasteiger partial charge in [-0.2, -0.15) is 0 Å². The van der Waals surface area contributed by atoms with E-state index in [2.05, 4.69) is 82.7 Å². The predicted octanol–water partition coefficient (Wildman–Crippen LogP) is 5.92. The molecular formula is C30H29N3O. The van der Waals surface area contributed by atoms with Crippen LogP contribution in [-0.2, 0) is 24.2 Å². The van der Waals surface area contributed by atoms with Crippen LogP contribution in [0.5, 0.6) is 0 Å². The Balaban J connectivity index is 1.25. The number of hydrogen-bond acceptors (Lipinski definition) is 2. The molecule has 0 saturated carbocycles. The zero-order chi connectivity index (χ0) is 23.2. The number of benzene rings is 4. The second-order valence-electron chi connectivity index (χ2n) is 8.68. The first kappa shape index (κ1) is 21.9. The van der Waals surface area contributed by atoms with Crippen LogP contribution in [0.1, 0.15) is 29.8 Å². The molecule has 0 radical (unpaired) electrons. The molecule has 0 spiro atoms. The second-order valence-corrected chi connectivity index (χ2v) is 8.68. The van der Waals surface area contributed by atoms with E-state index < -0.39 is 0 Å². The average molecular weight is 448 g/mol. The van der Waals surface area contributed by atoms with Gasteiger partial charge in [0.25, 0.3) is 0 Å². The van der Waals surface area contributed by atoms with Gasteiger partial charge in [0, 0.05) is 25.9 Å². The van der Waals surface area contributed by atoms with Crippen molar-refractivity contribution in [2.24, 2.45) is 0 Å². The van der Waals surface area contributed by atoms with Crippen molar-refractivity contribution < 1.29 is 4.79 Å². The number of nitrogens with zero attached hydrogens (tertiary/aromatic N) is 2. The maximum absolute atomic E-state index is 12.3. The lowest BCUT2D eigenvalue weighted by Gasteiger charge is -2.12. The number of carbonyl (C=O) groups excluding carboxylic acids is 1. The van der Waals surface area contributed by atoms with Crippen LogP contribution < -0.4 is 5.32 Å². The van der Waals surface area contributed by atoms with E-state index in [1.165, 1.54) is 21.9 Å². The Morgan fingerprint density at radius 1 is 0.794 bits per heavy atom. The molecule has 5 rings (SSSR count). The van der Waals surface area contributed by atoms with E-state index >= 15 is 0 Å². The Bertz CT molecular complexity index is 1400. The number of aryl methyl sites for hydroxylation is 2. The molecule has 5 aromatic rings. The molecule has 0 unspecified atom stereocenters. The highest BCUT2D eigenvalue weighted by molar-refractivity contribution is 5.86. The van der Waals surface area contributed by atoms with Crippen LogP contribution in [0.25, 0.3) is 21.8 Å². The smallest absolute Gasteiger partial charge is 0.220 e. The molecule has 0 aliphatic heterocycles. The molecule has 0 atom stereocenters. The number of fused-ring (bicyclic) bond motifs is 2. The summed E-state index contributed by atoms with van der Waals surface area (Å²) in [6, 6.07) is 33.5. The van der Waals surface area contributed by atoms with E-state index in [0.717, 1.165) is 42.7 Å². The number of aromatic nitrogens is 2. The predicted molar refractivity (Wildman–Crippen MR) is 139 cm³/mol. The van der Waals surface area contributed by atoms with Crippen molar-refractivity contribution in [3.63, 3.8) is 0 Å². The maximum atomic E-state index is 12.3. The van der Waals surface area contributed by atoms with Gasteiger partial charge in [0.05, 0.1) is 11.0 Å². The summed E-state index contributed by atoms with van der Waals surface area (Å²) in [4.78, 5) is 17.2. The van der Waals surface area contributed by atoms with E-state index in [9.17, 15) is 4.79 Å². The van der Waals surface area contributed by atoms with Crippen molar-refractivity contribution in [2.75, 3.05) is 6.54 Å². The van der Waals surface area contributed by atoms with Gasteiger partial charge in [0.2, 0.25) is 5.91 Å². The maximum Gasteiger partial charge on any atom is 0.220 e. The van der Waals surface area contributed by atoms with Gasteiger partial charge in [-0.3, -0.25) is 4.79 Å². The Hall–Kier alpha value is -3.92. The Kier molecular flexibility index (Phi) is 6.66. The molecule has 0 fully saturated rings. The molecule has 4 heteroatoms.